The molecule has 5 nitrogen and oxygen atoms in total. The molecular weight excluding hydrogens is 358 g/mol. The molecule has 2 aromatic heterocycles. The van der Waals surface area contributed by atoms with Crippen LogP contribution in [0, 0.1) is 0 Å². The molecule has 1 aliphatic rings. The zero-order valence-corrected chi connectivity index (χ0v) is 16.8. The highest BCUT2D eigenvalue weighted by Gasteiger charge is 2.15. The summed E-state index contributed by atoms with van der Waals surface area (Å²) in [5.74, 6) is 1.68. The van der Waals surface area contributed by atoms with E-state index in [-0.39, 0.29) is 0 Å². The second-order valence-electron chi connectivity index (χ2n) is 7.01. The van der Waals surface area contributed by atoms with E-state index in [2.05, 4.69) is 77.5 Å². The summed E-state index contributed by atoms with van der Waals surface area (Å²) in [6, 6.07) is 8.34. The maximum atomic E-state index is 4.56. The van der Waals surface area contributed by atoms with Crippen LogP contribution in [0.4, 0.5) is 5.69 Å². The van der Waals surface area contributed by atoms with Gasteiger partial charge in [-0.1, -0.05) is 36.9 Å². The molecular formula is C24H25N5. The largest absolute Gasteiger partial charge is 0.388 e. The number of benzene rings is 1. The topological polar surface area (TPSA) is 47.7 Å². The molecule has 4 rings (SSSR count). The predicted octanol–water partition coefficient (Wildman–Crippen LogP) is 5.39. The monoisotopic (exact) mass is 383 g/mol. The SMILES string of the molecule is C=C(c1nccn1/C=C(\C)c1cccc(NC)c1)n1ccnc1C1=CCCC=C1. The molecule has 0 saturated heterocycles. The van der Waals surface area contributed by atoms with Crippen molar-refractivity contribution in [3.63, 3.8) is 0 Å². The Morgan fingerprint density at radius 3 is 2.83 bits per heavy atom. The van der Waals surface area contributed by atoms with E-state index >= 15 is 0 Å². The predicted molar refractivity (Wildman–Crippen MR) is 121 cm³/mol. The molecule has 2 heterocycles. The molecule has 0 amide bonds. The number of nitrogens with zero attached hydrogens (tertiary/aromatic N) is 4. The van der Waals surface area contributed by atoms with Gasteiger partial charge in [-0.15, -0.1) is 0 Å². The summed E-state index contributed by atoms with van der Waals surface area (Å²) in [5.41, 5.74) is 5.29. The van der Waals surface area contributed by atoms with Gasteiger partial charge in [0.15, 0.2) is 5.82 Å². The van der Waals surface area contributed by atoms with E-state index in [0.29, 0.717) is 0 Å². The van der Waals surface area contributed by atoms with Crippen LogP contribution >= 0.6 is 0 Å². The van der Waals surface area contributed by atoms with Gasteiger partial charge in [0, 0.05) is 49.3 Å². The highest BCUT2D eigenvalue weighted by atomic mass is 15.1. The van der Waals surface area contributed by atoms with Crippen molar-refractivity contribution in [3.05, 3.63) is 91.1 Å². The molecule has 3 aromatic rings. The fourth-order valence-corrected chi connectivity index (χ4v) is 3.47. The lowest BCUT2D eigenvalue weighted by Gasteiger charge is -2.14. The molecule has 1 N–H and O–H groups in total. The average Bonchev–Trinajstić information content (AvgIpc) is 3.43. The van der Waals surface area contributed by atoms with Crippen molar-refractivity contribution in [3.8, 4) is 0 Å². The molecule has 0 radical (unpaired) electrons. The minimum Gasteiger partial charge on any atom is -0.388 e. The Bertz CT molecular complexity index is 1120. The fraction of sp³-hybridized carbons (Fsp3) is 0.167. The number of rotatable bonds is 6. The lowest BCUT2D eigenvalue weighted by atomic mass is 10.1. The average molecular weight is 383 g/mol. The summed E-state index contributed by atoms with van der Waals surface area (Å²) in [6.07, 6.45) is 18.2. The van der Waals surface area contributed by atoms with E-state index in [1.54, 1.807) is 12.4 Å². The van der Waals surface area contributed by atoms with Gasteiger partial charge in [0.2, 0.25) is 0 Å². The Morgan fingerprint density at radius 2 is 2.03 bits per heavy atom. The van der Waals surface area contributed by atoms with Crippen molar-refractivity contribution in [1.82, 2.24) is 19.1 Å². The third-order valence-corrected chi connectivity index (χ3v) is 5.05. The first kappa shape index (κ1) is 18.7. The van der Waals surface area contributed by atoms with Crippen LogP contribution in [0.25, 0.3) is 23.0 Å². The van der Waals surface area contributed by atoms with Crippen LogP contribution in [0.2, 0.25) is 0 Å². The van der Waals surface area contributed by atoms with Crippen LogP contribution in [-0.4, -0.2) is 26.1 Å². The normalized spacial score (nSPS) is 14.0. The van der Waals surface area contributed by atoms with E-state index in [1.807, 2.05) is 28.6 Å². The quantitative estimate of drug-likeness (QED) is 0.621. The Labute approximate surface area is 171 Å². The van der Waals surface area contributed by atoms with E-state index in [0.717, 1.165) is 52.6 Å². The molecule has 0 spiro atoms. The zero-order chi connectivity index (χ0) is 20.2. The summed E-state index contributed by atoms with van der Waals surface area (Å²) in [6.45, 7) is 6.41. The number of aromatic nitrogens is 4. The molecule has 1 aliphatic carbocycles. The van der Waals surface area contributed by atoms with Crippen molar-refractivity contribution in [1.29, 1.82) is 0 Å². The molecule has 29 heavy (non-hydrogen) atoms. The van der Waals surface area contributed by atoms with Crippen molar-refractivity contribution >= 4 is 28.7 Å². The molecule has 0 atom stereocenters. The van der Waals surface area contributed by atoms with Gasteiger partial charge in [-0.25, -0.2) is 9.97 Å². The van der Waals surface area contributed by atoms with Gasteiger partial charge >= 0.3 is 0 Å². The second-order valence-corrected chi connectivity index (χ2v) is 7.01. The van der Waals surface area contributed by atoms with Crippen molar-refractivity contribution in [2.75, 3.05) is 12.4 Å². The summed E-state index contributed by atoms with van der Waals surface area (Å²) in [7, 11) is 1.93. The number of hydrogen-bond acceptors (Lipinski definition) is 3. The van der Waals surface area contributed by atoms with Gasteiger partial charge < -0.3 is 9.88 Å². The van der Waals surface area contributed by atoms with Crippen LogP contribution < -0.4 is 5.32 Å². The number of allylic oxidation sites excluding steroid dienone is 5. The lowest BCUT2D eigenvalue weighted by molar-refractivity contribution is 0.978. The zero-order valence-electron chi connectivity index (χ0n) is 16.8. The van der Waals surface area contributed by atoms with Crippen LogP contribution in [0.3, 0.4) is 0 Å². The smallest absolute Gasteiger partial charge is 0.160 e. The highest BCUT2D eigenvalue weighted by Crippen LogP contribution is 2.25. The molecule has 0 aliphatic heterocycles. The molecule has 0 bridgehead atoms. The van der Waals surface area contributed by atoms with E-state index in [4.69, 9.17) is 0 Å². The molecule has 5 heteroatoms. The molecule has 1 aromatic carbocycles. The third-order valence-electron chi connectivity index (χ3n) is 5.05. The van der Waals surface area contributed by atoms with Gasteiger partial charge in [0.1, 0.15) is 5.82 Å². The van der Waals surface area contributed by atoms with Gasteiger partial charge in [-0.05, 0) is 43.0 Å². The molecule has 0 unspecified atom stereocenters. The molecule has 146 valence electrons. The Morgan fingerprint density at radius 1 is 1.17 bits per heavy atom. The first-order valence-electron chi connectivity index (χ1n) is 9.77. The molecule has 0 fully saturated rings. The number of imidazole rings is 2. The minimum absolute atomic E-state index is 0.786. The maximum absolute atomic E-state index is 4.56. The Kier molecular flexibility index (Phi) is 5.29. The highest BCUT2D eigenvalue weighted by molar-refractivity contribution is 5.78. The third kappa shape index (κ3) is 3.85. The van der Waals surface area contributed by atoms with Crippen molar-refractivity contribution in [2.24, 2.45) is 0 Å². The number of hydrogen-bond donors (Lipinski definition) is 1. The van der Waals surface area contributed by atoms with Gasteiger partial charge in [-0.2, -0.15) is 0 Å². The number of nitrogens with one attached hydrogen (secondary N) is 1. The second kappa shape index (κ2) is 8.19. The number of anilines is 1. The maximum Gasteiger partial charge on any atom is 0.160 e. The summed E-state index contributed by atoms with van der Waals surface area (Å²) in [5, 5.41) is 3.19. The van der Waals surface area contributed by atoms with Crippen LogP contribution in [0.1, 0.15) is 37.0 Å². The molecule has 0 saturated carbocycles. The minimum atomic E-state index is 0.786. The first-order valence-corrected chi connectivity index (χ1v) is 9.77. The Balaban J connectivity index is 1.66. The van der Waals surface area contributed by atoms with Crippen LogP contribution in [-0.2, 0) is 0 Å². The van der Waals surface area contributed by atoms with Gasteiger partial charge in [0.25, 0.3) is 0 Å². The Hall–Kier alpha value is -3.60. The van der Waals surface area contributed by atoms with E-state index in [9.17, 15) is 0 Å². The summed E-state index contributed by atoms with van der Waals surface area (Å²) >= 11 is 0. The van der Waals surface area contributed by atoms with E-state index in [1.165, 1.54) is 0 Å². The van der Waals surface area contributed by atoms with E-state index < -0.39 is 0 Å². The fourth-order valence-electron chi connectivity index (χ4n) is 3.47. The van der Waals surface area contributed by atoms with Gasteiger partial charge in [-0.3, -0.25) is 4.57 Å². The van der Waals surface area contributed by atoms with Crippen LogP contribution in [0.15, 0.2) is 73.9 Å². The first-order chi connectivity index (χ1) is 14.2. The van der Waals surface area contributed by atoms with Crippen molar-refractivity contribution in [2.45, 2.75) is 19.8 Å². The van der Waals surface area contributed by atoms with Gasteiger partial charge in [0.05, 0.1) is 5.70 Å². The lowest BCUT2D eigenvalue weighted by Crippen LogP contribution is -2.06. The summed E-state index contributed by atoms with van der Waals surface area (Å²) < 4.78 is 4.02. The standard InChI is InChI=1S/C24H25N5/c1-18(21-10-7-11-22(16-21)25-3)17-28-14-12-26-23(28)19(2)29-15-13-27-24(29)20-8-5-4-6-9-20/h5,7-17,25H,2,4,6H2,1,3H3/b18-17+. The van der Waals surface area contributed by atoms with Crippen LogP contribution in [0.5, 0.6) is 0 Å². The van der Waals surface area contributed by atoms with Crippen molar-refractivity contribution < 1.29 is 0 Å². The summed E-state index contributed by atoms with van der Waals surface area (Å²) in [4.78, 5) is 9.11.